The molecule has 0 aliphatic carbocycles. The van der Waals surface area contributed by atoms with Crippen LogP contribution in [-0.2, 0) is 6.42 Å². The molecule has 0 aromatic heterocycles. The maximum Gasteiger partial charge on any atom is 0.251 e. The van der Waals surface area contributed by atoms with Crippen LogP contribution in [0.5, 0.6) is 0 Å². The van der Waals surface area contributed by atoms with Gasteiger partial charge in [0, 0.05) is 17.3 Å². The fourth-order valence-corrected chi connectivity index (χ4v) is 2.65. The maximum atomic E-state index is 12.3. The second-order valence-electron chi connectivity index (χ2n) is 5.71. The molecule has 2 rings (SSSR count). The summed E-state index contributed by atoms with van der Waals surface area (Å²) in [7, 11) is 2.12. The molecule has 1 aromatic carbocycles. The van der Waals surface area contributed by atoms with Gasteiger partial charge in [0.05, 0.1) is 0 Å². The van der Waals surface area contributed by atoms with Crippen molar-refractivity contribution in [1.29, 1.82) is 0 Å². The zero-order valence-corrected chi connectivity index (χ0v) is 12.5. The van der Waals surface area contributed by atoms with E-state index in [9.17, 15) is 4.79 Å². The molecule has 0 spiro atoms. The number of carbonyl (C=O) groups is 1. The molecule has 1 heterocycles. The minimum Gasteiger partial charge on any atom is -0.399 e. The molecular formula is C16H25N3O. The van der Waals surface area contributed by atoms with Gasteiger partial charge in [-0.15, -0.1) is 0 Å². The summed E-state index contributed by atoms with van der Waals surface area (Å²) < 4.78 is 0. The molecule has 4 nitrogen and oxygen atoms in total. The summed E-state index contributed by atoms with van der Waals surface area (Å²) in [6, 6.07) is 5.89. The van der Waals surface area contributed by atoms with Gasteiger partial charge in [-0.3, -0.25) is 4.79 Å². The number of aryl methyl sites for hydroxylation is 1. The highest BCUT2D eigenvalue weighted by atomic mass is 16.1. The molecule has 4 heteroatoms. The second kappa shape index (κ2) is 6.75. The third-order valence-corrected chi connectivity index (χ3v) is 3.98. The summed E-state index contributed by atoms with van der Waals surface area (Å²) >= 11 is 0. The van der Waals surface area contributed by atoms with Gasteiger partial charge >= 0.3 is 0 Å². The van der Waals surface area contributed by atoms with Crippen LogP contribution in [0.4, 0.5) is 5.69 Å². The fraction of sp³-hybridized carbons (Fsp3) is 0.562. The first-order valence-corrected chi connectivity index (χ1v) is 7.48. The molecule has 1 aromatic rings. The number of piperidine rings is 1. The van der Waals surface area contributed by atoms with Crippen LogP contribution >= 0.6 is 0 Å². The first kappa shape index (κ1) is 14.9. The zero-order valence-electron chi connectivity index (χ0n) is 12.5. The van der Waals surface area contributed by atoms with E-state index in [0.29, 0.717) is 6.04 Å². The van der Waals surface area contributed by atoms with Crippen molar-refractivity contribution in [3.63, 3.8) is 0 Å². The fourth-order valence-electron chi connectivity index (χ4n) is 2.65. The van der Waals surface area contributed by atoms with Crippen molar-refractivity contribution in [3.8, 4) is 0 Å². The quantitative estimate of drug-likeness (QED) is 0.827. The Labute approximate surface area is 121 Å². The molecule has 1 saturated heterocycles. The molecule has 110 valence electrons. The maximum absolute atomic E-state index is 12.3. The first-order valence-electron chi connectivity index (χ1n) is 7.48. The highest BCUT2D eigenvalue weighted by Gasteiger charge is 2.19. The van der Waals surface area contributed by atoms with Gasteiger partial charge in [0.15, 0.2) is 0 Å². The van der Waals surface area contributed by atoms with Crippen LogP contribution in [0.15, 0.2) is 18.2 Å². The number of nitrogens with two attached hydrogens (primary N) is 1. The minimum atomic E-state index is 0.0249. The van der Waals surface area contributed by atoms with Gasteiger partial charge in [-0.1, -0.05) is 13.3 Å². The SMILES string of the molecule is CCCc1cc(C(=O)NC2CCN(C)CC2)ccc1N. The van der Waals surface area contributed by atoms with Gasteiger partial charge in [0.25, 0.3) is 5.91 Å². The van der Waals surface area contributed by atoms with Crippen LogP contribution < -0.4 is 11.1 Å². The van der Waals surface area contributed by atoms with E-state index in [1.165, 1.54) is 0 Å². The average molecular weight is 275 g/mol. The molecule has 20 heavy (non-hydrogen) atoms. The minimum absolute atomic E-state index is 0.0249. The van der Waals surface area contributed by atoms with Crippen molar-refractivity contribution < 1.29 is 4.79 Å². The van der Waals surface area contributed by atoms with Crippen LogP contribution in [-0.4, -0.2) is 37.0 Å². The van der Waals surface area contributed by atoms with Gasteiger partial charge in [0.2, 0.25) is 0 Å². The molecule has 1 aliphatic rings. The molecular weight excluding hydrogens is 250 g/mol. The number of hydrogen-bond donors (Lipinski definition) is 2. The standard InChI is InChI=1S/C16H25N3O/c1-3-4-12-11-13(5-6-15(12)17)16(20)18-14-7-9-19(2)10-8-14/h5-6,11,14H,3-4,7-10,17H2,1-2H3,(H,18,20). The summed E-state index contributed by atoms with van der Waals surface area (Å²) in [5.41, 5.74) is 8.51. The Morgan fingerprint density at radius 3 is 2.75 bits per heavy atom. The molecule has 0 atom stereocenters. The molecule has 0 unspecified atom stereocenters. The third-order valence-electron chi connectivity index (χ3n) is 3.98. The van der Waals surface area contributed by atoms with Gasteiger partial charge in [-0.25, -0.2) is 0 Å². The molecule has 0 saturated carbocycles. The number of anilines is 1. The highest BCUT2D eigenvalue weighted by molar-refractivity contribution is 5.95. The highest BCUT2D eigenvalue weighted by Crippen LogP contribution is 2.17. The Bertz CT molecular complexity index is 465. The van der Waals surface area contributed by atoms with Crippen LogP contribution in [0.1, 0.15) is 42.1 Å². The number of benzene rings is 1. The summed E-state index contributed by atoms with van der Waals surface area (Å²) in [5, 5.41) is 3.14. The molecule has 0 radical (unpaired) electrons. The first-order chi connectivity index (χ1) is 9.60. The lowest BCUT2D eigenvalue weighted by Crippen LogP contribution is -2.43. The summed E-state index contributed by atoms with van der Waals surface area (Å²) in [6.45, 7) is 4.21. The predicted octanol–water partition coefficient (Wildman–Crippen LogP) is 2.05. The third kappa shape index (κ3) is 3.73. The van der Waals surface area contributed by atoms with Crippen molar-refractivity contribution in [2.45, 2.75) is 38.6 Å². The number of nitrogens with one attached hydrogen (secondary N) is 1. The van der Waals surface area contributed by atoms with Gasteiger partial charge in [-0.2, -0.15) is 0 Å². The normalized spacial score (nSPS) is 17.1. The van der Waals surface area contributed by atoms with Crippen LogP contribution in [0, 0.1) is 0 Å². The molecule has 1 aliphatic heterocycles. The van der Waals surface area contributed by atoms with E-state index in [1.807, 2.05) is 18.2 Å². The van der Waals surface area contributed by atoms with Crippen molar-refractivity contribution in [2.24, 2.45) is 0 Å². The Morgan fingerprint density at radius 1 is 1.40 bits per heavy atom. The molecule has 1 fully saturated rings. The van der Waals surface area contributed by atoms with Crippen LogP contribution in [0.3, 0.4) is 0 Å². The van der Waals surface area contributed by atoms with Crippen molar-refractivity contribution in [2.75, 3.05) is 25.9 Å². The number of nitrogen functional groups attached to an aromatic ring is 1. The van der Waals surface area contributed by atoms with E-state index in [-0.39, 0.29) is 5.91 Å². The number of carbonyl (C=O) groups excluding carboxylic acids is 1. The number of amides is 1. The second-order valence-corrected chi connectivity index (χ2v) is 5.71. The van der Waals surface area contributed by atoms with Crippen molar-refractivity contribution >= 4 is 11.6 Å². The number of rotatable bonds is 4. The number of nitrogens with zero attached hydrogens (tertiary/aromatic N) is 1. The van der Waals surface area contributed by atoms with Gasteiger partial charge in [0.1, 0.15) is 0 Å². The van der Waals surface area contributed by atoms with Crippen LogP contribution in [0.2, 0.25) is 0 Å². The van der Waals surface area contributed by atoms with E-state index in [1.54, 1.807) is 0 Å². The van der Waals surface area contributed by atoms with E-state index in [4.69, 9.17) is 5.73 Å². The largest absolute Gasteiger partial charge is 0.399 e. The Kier molecular flexibility index (Phi) is 5.01. The van der Waals surface area contributed by atoms with E-state index in [2.05, 4.69) is 24.2 Å². The van der Waals surface area contributed by atoms with Crippen molar-refractivity contribution in [3.05, 3.63) is 29.3 Å². The van der Waals surface area contributed by atoms with Gasteiger partial charge in [-0.05, 0) is 63.2 Å². The lowest BCUT2D eigenvalue weighted by Gasteiger charge is -2.29. The lowest BCUT2D eigenvalue weighted by atomic mass is 10.0. The topological polar surface area (TPSA) is 58.4 Å². The Balaban J connectivity index is 2.00. The Morgan fingerprint density at radius 2 is 2.10 bits per heavy atom. The smallest absolute Gasteiger partial charge is 0.251 e. The summed E-state index contributed by atoms with van der Waals surface area (Å²) in [4.78, 5) is 14.6. The van der Waals surface area contributed by atoms with E-state index < -0.39 is 0 Å². The molecule has 1 amide bonds. The van der Waals surface area contributed by atoms with Gasteiger partial charge < -0.3 is 16.0 Å². The molecule has 0 bridgehead atoms. The lowest BCUT2D eigenvalue weighted by molar-refractivity contribution is 0.0917. The van der Waals surface area contributed by atoms with Crippen molar-refractivity contribution in [1.82, 2.24) is 10.2 Å². The predicted molar refractivity (Wildman–Crippen MR) is 82.8 cm³/mol. The number of likely N-dealkylation sites (tertiary alicyclic amines) is 1. The summed E-state index contributed by atoms with van der Waals surface area (Å²) in [6.07, 6.45) is 4.00. The molecule has 3 N–H and O–H groups in total. The van der Waals surface area contributed by atoms with Crippen LogP contribution in [0.25, 0.3) is 0 Å². The van der Waals surface area contributed by atoms with E-state index in [0.717, 1.165) is 55.6 Å². The summed E-state index contributed by atoms with van der Waals surface area (Å²) in [5.74, 6) is 0.0249. The zero-order chi connectivity index (χ0) is 14.5. The Hall–Kier alpha value is -1.55. The average Bonchev–Trinajstić information content (AvgIpc) is 2.44. The monoisotopic (exact) mass is 275 g/mol. The number of hydrogen-bond acceptors (Lipinski definition) is 3. The van der Waals surface area contributed by atoms with E-state index >= 15 is 0 Å².